The van der Waals surface area contributed by atoms with E-state index in [9.17, 15) is 9.50 Å². The monoisotopic (exact) mass is 274 g/mol. The quantitative estimate of drug-likeness (QED) is 0.884. The number of aliphatic hydroxyl groups is 1. The van der Waals surface area contributed by atoms with Crippen LogP contribution in [0.3, 0.4) is 0 Å². The van der Waals surface area contributed by atoms with Crippen molar-refractivity contribution in [3.05, 3.63) is 33.5 Å². The molecule has 15 heavy (non-hydrogen) atoms. The van der Waals surface area contributed by atoms with Crippen LogP contribution in [0.1, 0.15) is 37.5 Å². The van der Waals surface area contributed by atoms with Gasteiger partial charge in [-0.05, 0) is 30.9 Å². The van der Waals surface area contributed by atoms with Gasteiger partial charge in [0.15, 0.2) is 0 Å². The van der Waals surface area contributed by atoms with Crippen LogP contribution in [0.2, 0.25) is 0 Å². The third kappa shape index (κ3) is 3.02. The molecule has 3 heteroatoms. The molecule has 0 heterocycles. The zero-order chi connectivity index (χ0) is 11.6. The number of hydrogen-bond donors (Lipinski definition) is 1. The maximum Gasteiger partial charge on any atom is 0.133 e. The molecule has 1 unspecified atom stereocenters. The summed E-state index contributed by atoms with van der Waals surface area (Å²) in [7, 11) is 0. The first kappa shape index (κ1) is 12.7. The first-order valence-electron chi connectivity index (χ1n) is 5.06. The molecule has 0 aliphatic heterocycles. The summed E-state index contributed by atoms with van der Waals surface area (Å²) in [5.41, 5.74) is 0.944. The Labute approximate surface area is 98.4 Å². The number of aryl methyl sites for hydroxylation is 1. The molecule has 0 amide bonds. The number of rotatable bonds is 3. The smallest absolute Gasteiger partial charge is 0.133 e. The van der Waals surface area contributed by atoms with Gasteiger partial charge in [-0.1, -0.05) is 35.8 Å². The molecule has 1 atom stereocenters. The summed E-state index contributed by atoms with van der Waals surface area (Å²) in [4.78, 5) is 0. The molecule has 0 fully saturated rings. The van der Waals surface area contributed by atoms with Crippen molar-refractivity contribution < 1.29 is 9.50 Å². The Morgan fingerprint density at radius 2 is 2.00 bits per heavy atom. The van der Waals surface area contributed by atoms with Crippen LogP contribution in [0.25, 0.3) is 0 Å². The highest BCUT2D eigenvalue weighted by Gasteiger charge is 2.18. The molecular formula is C12H16BrFO. The Bertz CT molecular complexity index is 350. The second kappa shape index (κ2) is 5.08. The summed E-state index contributed by atoms with van der Waals surface area (Å²) < 4.78 is 14.4. The maximum absolute atomic E-state index is 13.8. The summed E-state index contributed by atoms with van der Waals surface area (Å²) in [6.45, 7) is 5.71. The van der Waals surface area contributed by atoms with Crippen LogP contribution in [0.15, 0.2) is 16.6 Å². The van der Waals surface area contributed by atoms with Gasteiger partial charge in [0.1, 0.15) is 5.82 Å². The lowest BCUT2D eigenvalue weighted by Gasteiger charge is -2.16. The Morgan fingerprint density at radius 3 is 2.53 bits per heavy atom. The molecule has 0 saturated heterocycles. The average Bonchev–Trinajstić information content (AvgIpc) is 2.11. The van der Waals surface area contributed by atoms with E-state index in [1.165, 1.54) is 0 Å². The van der Waals surface area contributed by atoms with E-state index in [1.807, 2.05) is 13.8 Å². The lowest BCUT2D eigenvalue weighted by Crippen LogP contribution is -2.06. The van der Waals surface area contributed by atoms with Crippen LogP contribution in [-0.2, 0) is 0 Å². The van der Waals surface area contributed by atoms with Gasteiger partial charge in [0, 0.05) is 10.0 Å². The van der Waals surface area contributed by atoms with Crippen molar-refractivity contribution >= 4 is 15.9 Å². The largest absolute Gasteiger partial charge is 0.388 e. The summed E-state index contributed by atoms with van der Waals surface area (Å²) in [5.74, 6) is 0.0318. The molecule has 1 aromatic rings. The van der Waals surface area contributed by atoms with Gasteiger partial charge in [-0.15, -0.1) is 0 Å². The molecular weight excluding hydrogens is 259 g/mol. The minimum Gasteiger partial charge on any atom is -0.388 e. The first-order chi connectivity index (χ1) is 6.93. The van der Waals surface area contributed by atoms with Gasteiger partial charge in [0.05, 0.1) is 6.10 Å². The predicted octanol–water partition coefficient (Wildman–Crippen LogP) is 3.98. The second-order valence-corrected chi connectivity index (χ2v) is 5.09. The van der Waals surface area contributed by atoms with Crippen molar-refractivity contribution in [1.29, 1.82) is 0 Å². The molecule has 0 spiro atoms. The van der Waals surface area contributed by atoms with Gasteiger partial charge in [-0.3, -0.25) is 0 Å². The zero-order valence-electron chi connectivity index (χ0n) is 9.22. The zero-order valence-corrected chi connectivity index (χ0v) is 10.8. The normalized spacial score (nSPS) is 13.3. The van der Waals surface area contributed by atoms with E-state index in [0.29, 0.717) is 27.9 Å². The Kier molecular flexibility index (Phi) is 4.29. The fourth-order valence-corrected chi connectivity index (χ4v) is 2.12. The molecule has 84 valence electrons. The van der Waals surface area contributed by atoms with Crippen LogP contribution >= 0.6 is 15.9 Å². The van der Waals surface area contributed by atoms with Crippen LogP contribution in [0.5, 0.6) is 0 Å². The molecule has 0 aliphatic rings. The van der Waals surface area contributed by atoms with Crippen LogP contribution < -0.4 is 0 Å². The van der Waals surface area contributed by atoms with E-state index in [4.69, 9.17) is 0 Å². The Hall–Kier alpha value is -0.410. The summed E-state index contributed by atoms with van der Waals surface area (Å²) in [6.07, 6.45) is -0.168. The third-order valence-corrected chi connectivity index (χ3v) is 3.04. The molecule has 0 saturated carbocycles. The van der Waals surface area contributed by atoms with Crippen molar-refractivity contribution in [3.63, 3.8) is 0 Å². The minimum absolute atomic E-state index is 0.308. The maximum atomic E-state index is 13.8. The number of hydrogen-bond acceptors (Lipinski definition) is 1. The van der Waals surface area contributed by atoms with Gasteiger partial charge in [-0.2, -0.15) is 0 Å². The fourth-order valence-electron chi connectivity index (χ4n) is 1.55. The molecule has 1 N–H and O–H groups in total. The molecule has 1 aromatic carbocycles. The van der Waals surface area contributed by atoms with E-state index in [1.54, 1.807) is 19.1 Å². The summed E-state index contributed by atoms with van der Waals surface area (Å²) in [6, 6.07) is 3.47. The van der Waals surface area contributed by atoms with Crippen molar-refractivity contribution in [2.75, 3.05) is 0 Å². The lowest BCUT2D eigenvalue weighted by atomic mass is 9.98. The fraction of sp³-hybridized carbons (Fsp3) is 0.500. The molecule has 0 radical (unpaired) electrons. The van der Waals surface area contributed by atoms with Crippen molar-refractivity contribution in [3.8, 4) is 0 Å². The molecule has 1 nitrogen and oxygen atoms in total. The standard InChI is InChI=1S/C12H16BrFO/c1-7(2)6-10(15)11-9(13)5-4-8(3)12(11)14/h4-5,7,10,15H,6H2,1-3H3. The van der Waals surface area contributed by atoms with E-state index < -0.39 is 6.10 Å². The van der Waals surface area contributed by atoms with E-state index in [0.717, 1.165) is 0 Å². The topological polar surface area (TPSA) is 20.2 Å². The third-order valence-electron chi connectivity index (χ3n) is 2.35. The van der Waals surface area contributed by atoms with Crippen LogP contribution in [0, 0.1) is 18.7 Å². The van der Waals surface area contributed by atoms with E-state index in [-0.39, 0.29) is 5.82 Å². The van der Waals surface area contributed by atoms with Crippen LogP contribution in [-0.4, -0.2) is 5.11 Å². The van der Waals surface area contributed by atoms with E-state index >= 15 is 0 Å². The lowest BCUT2D eigenvalue weighted by molar-refractivity contribution is 0.146. The van der Waals surface area contributed by atoms with Gasteiger partial charge in [0.25, 0.3) is 0 Å². The molecule has 0 aromatic heterocycles. The highest BCUT2D eigenvalue weighted by atomic mass is 79.9. The Morgan fingerprint density at radius 1 is 1.40 bits per heavy atom. The number of benzene rings is 1. The highest BCUT2D eigenvalue weighted by molar-refractivity contribution is 9.10. The van der Waals surface area contributed by atoms with Crippen molar-refractivity contribution in [2.24, 2.45) is 5.92 Å². The highest BCUT2D eigenvalue weighted by Crippen LogP contribution is 2.31. The van der Waals surface area contributed by atoms with Gasteiger partial charge in [-0.25, -0.2) is 4.39 Å². The molecule has 0 bridgehead atoms. The molecule has 0 aliphatic carbocycles. The Balaban J connectivity index is 3.07. The van der Waals surface area contributed by atoms with Crippen molar-refractivity contribution in [1.82, 2.24) is 0 Å². The minimum atomic E-state index is -0.737. The van der Waals surface area contributed by atoms with Gasteiger partial charge in [0.2, 0.25) is 0 Å². The average molecular weight is 275 g/mol. The second-order valence-electron chi connectivity index (χ2n) is 4.24. The number of halogens is 2. The van der Waals surface area contributed by atoms with Crippen molar-refractivity contribution in [2.45, 2.75) is 33.3 Å². The van der Waals surface area contributed by atoms with Gasteiger partial charge < -0.3 is 5.11 Å². The summed E-state index contributed by atoms with van der Waals surface area (Å²) in [5, 5.41) is 9.91. The number of aliphatic hydroxyl groups excluding tert-OH is 1. The molecule has 1 rings (SSSR count). The van der Waals surface area contributed by atoms with Crippen LogP contribution in [0.4, 0.5) is 4.39 Å². The summed E-state index contributed by atoms with van der Waals surface area (Å²) >= 11 is 3.27. The van der Waals surface area contributed by atoms with Gasteiger partial charge >= 0.3 is 0 Å². The van der Waals surface area contributed by atoms with E-state index in [2.05, 4.69) is 15.9 Å². The SMILES string of the molecule is Cc1ccc(Br)c(C(O)CC(C)C)c1F. The predicted molar refractivity (Wildman–Crippen MR) is 63.3 cm³/mol. The first-order valence-corrected chi connectivity index (χ1v) is 5.85.